The molecule has 0 fully saturated rings. The molecule has 0 heterocycles. The molecule has 0 aromatic carbocycles. The summed E-state index contributed by atoms with van der Waals surface area (Å²) in [4.78, 5) is 72.8. The highest BCUT2D eigenvalue weighted by atomic mass is 31.2. The van der Waals surface area contributed by atoms with Gasteiger partial charge in [0.05, 0.1) is 26.4 Å². The quantitative estimate of drug-likeness (QED) is 0.0222. The molecule has 564 valence electrons. The summed E-state index contributed by atoms with van der Waals surface area (Å²) in [5.74, 6) is 0.964. The molecule has 19 heteroatoms. The van der Waals surface area contributed by atoms with Crippen LogP contribution in [0.2, 0.25) is 0 Å². The molecule has 0 aliphatic rings. The Hall–Kier alpha value is -1.94. The minimum Gasteiger partial charge on any atom is -0.462 e. The second-order valence-electron chi connectivity index (χ2n) is 29.1. The van der Waals surface area contributed by atoms with Gasteiger partial charge in [-0.3, -0.25) is 37.3 Å². The van der Waals surface area contributed by atoms with E-state index in [-0.39, 0.29) is 25.7 Å². The third kappa shape index (κ3) is 69.0. The number of phosphoric ester groups is 2. The predicted molar refractivity (Wildman–Crippen MR) is 386 cm³/mol. The van der Waals surface area contributed by atoms with Gasteiger partial charge in [0.25, 0.3) is 0 Å². The first-order chi connectivity index (χ1) is 45.6. The summed E-state index contributed by atoms with van der Waals surface area (Å²) in [5, 5.41) is 10.6. The summed E-state index contributed by atoms with van der Waals surface area (Å²) < 4.78 is 68.5. The highest BCUT2D eigenvalue weighted by Gasteiger charge is 2.30. The number of ether oxygens (including phenoxy) is 4. The molecule has 0 amide bonds. The van der Waals surface area contributed by atoms with Gasteiger partial charge in [-0.1, -0.05) is 331 Å². The minimum atomic E-state index is -4.96. The van der Waals surface area contributed by atoms with E-state index in [4.69, 9.17) is 37.0 Å². The molecule has 0 bridgehead atoms. The van der Waals surface area contributed by atoms with Crippen molar-refractivity contribution in [3.63, 3.8) is 0 Å². The van der Waals surface area contributed by atoms with Gasteiger partial charge in [-0.2, -0.15) is 0 Å². The molecule has 95 heavy (non-hydrogen) atoms. The Morgan fingerprint density at radius 3 is 0.747 bits per heavy atom. The molecule has 0 saturated carbocycles. The average Bonchev–Trinajstić information content (AvgIpc) is 1.43. The number of carbonyl (C=O) groups excluding carboxylic acids is 4. The molecule has 0 aliphatic carbocycles. The Morgan fingerprint density at radius 1 is 0.295 bits per heavy atom. The van der Waals surface area contributed by atoms with Crippen LogP contribution in [0.1, 0.15) is 383 Å². The van der Waals surface area contributed by atoms with E-state index in [9.17, 15) is 43.2 Å². The number of rotatable bonds is 73. The number of aliphatic hydroxyl groups is 1. The van der Waals surface area contributed by atoms with Crippen molar-refractivity contribution in [1.82, 2.24) is 0 Å². The molecule has 3 N–H and O–H groups in total. The van der Waals surface area contributed by atoms with E-state index in [1.165, 1.54) is 186 Å². The topological polar surface area (TPSA) is 237 Å². The lowest BCUT2D eigenvalue weighted by Crippen LogP contribution is -2.30. The van der Waals surface area contributed by atoms with Crippen LogP contribution in [0.3, 0.4) is 0 Å². The molecular formula is C76H148O17P2. The summed E-state index contributed by atoms with van der Waals surface area (Å²) in [5.41, 5.74) is 0. The third-order valence-corrected chi connectivity index (χ3v) is 19.8. The lowest BCUT2D eigenvalue weighted by Gasteiger charge is -2.21. The van der Waals surface area contributed by atoms with Crippen LogP contribution < -0.4 is 0 Å². The normalized spacial score (nSPS) is 14.4. The lowest BCUT2D eigenvalue weighted by atomic mass is 9.99. The molecule has 0 saturated heterocycles. The summed E-state index contributed by atoms with van der Waals surface area (Å²) in [6.45, 7) is 14.2. The van der Waals surface area contributed by atoms with Crippen LogP contribution in [0.5, 0.6) is 0 Å². The van der Waals surface area contributed by atoms with Crippen molar-refractivity contribution in [2.75, 3.05) is 39.6 Å². The van der Waals surface area contributed by atoms with Crippen molar-refractivity contribution in [1.29, 1.82) is 0 Å². The molecule has 0 spiro atoms. The van der Waals surface area contributed by atoms with E-state index in [1.807, 2.05) is 0 Å². The molecule has 0 radical (unpaired) electrons. The first-order valence-electron chi connectivity index (χ1n) is 39.2. The highest BCUT2D eigenvalue weighted by Crippen LogP contribution is 2.45. The maximum absolute atomic E-state index is 13.1. The van der Waals surface area contributed by atoms with Crippen molar-refractivity contribution in [2.24, 2.45) is 23.7 Å². The summed E-state index contributed by atoms with van der Waals surface area (Å²) in [6, 6.07) is 0. The molecular weight excluding hydrogens is 1250 g/mol. The largest absolute Gasteiger partial charge is 0.472 e. The fourth-order valence-corrected chi connectivity index (χ4v) is 13.1. The van der Waals surface area contributed by atoms with E-state index < -0.39 is 97.5 Å². The fourth-order valence-electron chi connectivity index (χ4n) is 11.5. The van der Waals surface area contributed by atoms with Crippen molar-refractivity contribution >= 4 is 39.5 Å². The van der Waals surface area contributed by atoms with Crippen LogP contribution in [0.25, 0.3) is 0 Å². The maximum atomic E-state index is 13.1. The van der Waals surface area contributed by atoms with E-state index in [1.54, 1.807) is 0 Å². The number of esters is 4. The highest BCUT2D eigenvalue weighted by molar-refractivity contribution is 7.47. The molecule has 3 unspecified atom stereocenters. The number of carbonyl (C=O) groups is 4. The lowest BCUT2D eigenvalue weighted by molar-refractivity contribution is -0.161. The van der Waals surface area contributed by atoms with Crippen LogP contribution in [0.15, 0.2) is 0 Å². The molecule has 0 rings (SSSR count). The van der Waals surface area contributed by atoms with Crippen molar-refractivity contribution in [3.8, 4) is 0 Å². The Kier molecular flexibility index (Phi) is 64.0. The van der Waals surface area contributed by atoms with Crippen molar-refractivity contribution in [2.45, 2.75) is 401 Å². The Morgan fingerprint density at radius 2 is 0.505 bits per heavy atom. The Balaban J connectivity index is 5.27. The van der Waals surface area contributed by atoms with Gasteiger partial charge >= 0.3 is 39.5 Å². The van der Waals surface area contributed by atoms with Gasteiger partial charge in [0, 0.05) is 25.7 Å². The second kappa shape index (κ2) is 65.4. The van der Waals surface area contributed by atoms with Crippen LogP contribution in [-0.4, -0.2) is 96.7 Å². The fraction of sp³-hybridized carbons (Fsp3) is 0.947. The maximum Gasteiger partial charge on any atom is 0.472 e. The SMILES string of the molecule is CCC(C)CCCCCCCCCCCCC(=O)OC[C@H](COP(=O)(O)OC[C@@H](O)COP(=O)(O)OC[C@@H](COC(=O)CCCCCCCCCCCC(C)C)OC(=O)CCCCCCCCCCCC(C)C)OC(=O)CCCCCCCCCCCCCCCCC(C)C. The van der Waals surface area contributed by atoms with Crippen molar-refractivity contribution < 1.29 is 80.2 Å². The Bertz CT molecular complexity index is 1870. The van der Waals surface area contributed by atoms with E-state index in [0.29, 0.717) is 25.7 Å². The zero-order valence-electron chi connectivity index (χ0n) is 62.3. The smallest absolute Gasteiger partial charge is 0.462 e. The number of phosphoric acid groups is 2. The summed E-state index contributed by atoms with van der Waals surface area (Å²) in [7, 11) is -9.91. The van der Waals surface area contributed by atoms with Gasteiger partial charge in [0.15, 0.2) is 12.2 Å². The van der Waals surface area contributed by atoms with E-state index in [2.05, 4.69) is 55.4 Å². The Labute approximate surface area is 581 Å². The molecule has 0 aromatic rings. The molecule has 0 aromatic heterocycles. The number of unbranched alkanes of at least 4 members (excludes halogenated alkanes) is 38. The van der Waals surface area contributed by atoms with Crippen molar-refractivity contribution in [3.05, 3.63) is 0 Å². The van der Waals surface area contributed by atoms with Crippen LogP contribution >= 0.6 is 15.6 Å². The minimum absolute atomic E-state index is 0.105. The van der Waals surface area contributed by atoms with Gasteiger partial charge in [-0.15, -0.1) is 0 Å². The van der Waals surface area contributed by atoms with Crippen LogP contribution in [-0.2, 0) is 65.4 Å². The number of hydrogen-bond donors (Lipinski definition) is 3. The second-order valence-corrected chi connectivity index (χ2v) is 32.0. The van der Waals surface area contributed by atoms with E-state index in [0.717, 1.165) is 114 Å². The standard InChI is InChI=1S/C76H148O17P2/c1-9-69(8)55-47-39-31-23-16-17-24-32-40-48-56-73(78)86-62-71(92-75(80)58-50-42-34-25-15-13-11-10-12-14-20-28-36-44-52-66(2)3)64-90-94(82,83)88-60-70(77)61-89-95(84,85)91-65-72(93-76(81)59-51-43-35-27-19-22-30-38-46-54-68(6)7)63-87-74(79)57-49-41-33-26-18-21-29-37-45-53-67(4)5/h66-72,77H,9-65H2,1-8H3,(H,82,83)(H,84,85)/t69?,70-,71-,72-/m1/s1. The number of hydrogen-bond acceptors (Lipinski definition) is 15. The van der Waals surface area contributed by atoms with E-state index >= 15 is 0 Å². The first kappa shape index (κ1) is 93.1. The zero-order chi connectivity index (χ0) is 70.3. The summed E-state index contributed by atoms with van der Waals surface area (Å²) >= 11 is 0. The van der Waals surface area contributed by atoms with Gasteiger partial charge in [0.2, 0.25) is 0 Å². The average molecular weight is 1400 g/mol. The number of aliphatic hydroxyl groups excluding tert-OH is 1. The van der Waals surface area contributed by atoms with Crippen LogP contribution in [0, 0.1) is 23.7 Å². The molecule has 0 aliphatic heterocycles. The monoisotopic (exact) mass is 1400 g/mol. The predicted octanol–water partition coefficient (Wildman–Crippen LogP) is 22.0. The van der Waals surface area contributed by atoms with Gasteiger partial charge in [-0.25, -0.2) is 9.13 Å². The third-order valence-electron chi connectivity index (χ3n) is 17.9. The van der Waals surface area contributed by atoms with Gasteiger partial charge < -0.3 is 33.8 Å². The molecule has 6 atom stereocenters. The first-order valence-corrected chi connectivity index (χ1v) is 42.2. The van der Waals surface area contributed by atoms with Gasteiger partial charge in [-0.05, 0) is 49.4 Å². The van der Waals surface area contributed by atoms with Crippen LogP contribution in [0.4, 0.5) is 0 Å². The molecule has 17 nitrogen and oxygen atoms in total. The zero-order valence-corrected chi connectivity index (χ0v) is 64.1. The summed E-state index contributed by atoms with van der Waals surface area (Å²) in [6.07, 6.45) is 49.8. The van der Waals surface area contributed by atoms with Gasteiger partial charge in [0.1, 0.15) is 19.3 Å².